The van der Waals surface area contributed by atoms with E-state index in [9.17, 15) is 10.2 Å². The molecule has 2 rings (SSSR count). The Morgan fingerprint density at radius 3 is 2.40 bits per heavy atom. The standard InChI is InChI=1S/C16H22O4/c1-15(2,3)14(18)11(17)8-10-6-7-12-13(9-10)20-16(4,5)19-12/h6-9,14,17-18H,1-5H3/b11-8-. The van der Waals surface area contributed by atoms with Crippen LogP contribution in [0.1, 0.15) is 40.2 Å². The van der Waals surface area contributed by atoms with Crippen LogP contribution in [-0.4, -0.2) is 22.1 Å². The molecule has 0 fully saturated rings. The third kappa shape index (κ3) is 3.07. The van der Waals surface area contributed by atoms with Gasteiger partial charge in [-0.3, -0.25) is 0 Å². The summed E-state index contributed by atoms with van der Waals surface area (Å²) in [6, 6.07) is 5.40. The third-order valence-electron chi connectivity index (χ3n) is 3.09. The Hall–Kier alpha value is -1.68. The van der Waals surface area contributed by atoms with Gasteiger partial charge < -0.3 is 19.7 Å². The van der Waals surface area contributed by atoms with Crippen molar-refractivity contribution in [3.8, 4) is 11.5 Å². The van der Waals surface area contributed by atoms with Crippen LogP contribution in [0.3, 0.4) is 0 Å². The molecule has 0 aromatic heterocycles. The fraction of sp³-hybridized carbons (Fsp3) is 0.500. The molecule has 1 unspecified atom stereocenters. The number of benzene rings is 1. The Bertz CT molecular complexity index is 538. The minimum Gasteiger partial charge on any atom is -0.510 e. The van der Waals surface area contributed by atoms with Gasteiger partial charge in [-0.25, -0.2) is 0 Å². The maximum atomic E-state index is 10.0. The van der Waals surface area contributed by atoms with Crippen LogP contribution in [0.2, 0.25) is 0 Å². The summed E-state index contributed by atoms with van der Waals surface area (Å²) in [5, 5.41) is 20.0. The van der Waals surface area contributed by atoms with Crippen molar-refractivity contribution in [3.63, 3.8) is 0 Å². The zero-order chi connectivity index (χ0) is 15.1. The van der Waals surface area contributed by atoms with Crippen molar-refractivity contribution in [2.24, 2.45) is 5.41 Å². The second kappa shape index (κ2) is 4.70. The van der Waals surface area contributed by atoms with Gasteiger partial charge in [-0.15, -0.1) is 0 Å². The minimum absolute atomic E-state index is 0.0596. The number of aliphatic hydroxyl groups excluding tert-OH is 2. The quantitative estimate of drug-likeness (QED) is 0.813. The molecule has 1 aliphatic rings. The maximum absolute atomic E-state index is 10.0. The Morgan fingerprint density at radius 1 is 1.20 bits per heavy atom. The first kappa shape index (κ1) is 14.7. The van der Waals surface area contributed by atoms with Gasteiger partial charge in [0.2, 0.25) is 5.79 Å². The largest absolute Gasteiger partial charge is 0.510 e. The number of hydrogen-bond acceptors (Lipinski definition) is 4. The zero-order valence-electron chi connectivity index (χ0n) is 12.6. The fourth-order valence-corrected chi connectivity index (χ4v) is 2.02. The van der Waals surface area contributed by atoms with E-state index in [0.29, 0.717) is 11.5 Å². The Labute approximate surface area is 119 Å². The maximum Gasteiger partial charge on any atom is 0.246 e. The summed E-state index contributed by atoms with van der Waals surface area (Å²) in [4.78, 5) is 0. The summed E-state index contributed by atoms with van der Waals surface area (Å²) < 4.78 is 11.2. The van der Waals surface area contributed by atoms with Crippen LogP contribution >= 0.6 is 0 Å². The highest BCUT2D eigenvalue weighted by molar-refractivity contribution is 5.58. The zero-order valence-corrected chi connectivity index (χ0v) is 12.6. The predicted molar refractivity (Wildman–Crippen MR) is 77.8 cm³/mol. The first-order valence-corrected chi connectivity index (χ1v) is 6.69. The molecule has 1 aromatic carbocycles. The molecule has 110 valence electrons. The van der Waals surface area contributed by atoms with Crippen molar-refractivity contribution in [2.45, 2.75) is 46.5 Å². The number of fused-ring (bicyclic) bond motifs is 1. The van der Waals surface area contributed by atoms with E-state index in [1.54, 1.807) is 18.2 Å². The van der Waals surface area contributed by atoms with Gasteiger partial charge in [-0.2, -0.15) is 0 Å². The van der Waals surface area contributed by atoms with Crippen LogP contribution < -0.4 is 9.47 Å². The van der Waals surface area contributed by atoms with Crippen LogP contribution in [0.4, 0.5) is 0 Å². The topological polar surface area (TPSA) is 58.9 Å². The minimum atomic E-state index is -0.913. The van der Waals surface area contributed by atoms with Crippen molar-refractivity contribution >= 4 is 6.08 Å². The van der Waals surface area contributed by atoms with E-state index in [1.165, 1.54) is 0 Å². The molecule has 0 radical (unpaired) electrons. The number of hydrogen-bond donors (Lipinski definition) is 2. The second-order valence-corrected chi connectivity index (χ2v) is 6.65. The predicted octanol–water partition coefficient (Wildman–Crippen LogP) is 3.50. The van der Waals surface area contributed by atoms with Crippen molar-refractivity contribution in [1.29, 1.82) is 0 Å². The lowest BCUT2D eigenvalue weighted by molar-refractivity contribution is -0.0431. The summed E-state index contributed by atoms with van der Waals surface area (Å²) >= 11 is 0. The summed E-state index contributed by atoms with van der Waals surface area (Å²) in [5.74, 6) is 0.595. The van der Waals surface area contributed by atoms with E-state index in [4.69, 9.17) is 9.47 Å². The van der Waals surface area contributed by atoms with Crippen LogP contribution in [0.5, 0.6) is 11.5 Å². The van der Waals surface area contributed by atoms with Crippen molar-refractivity contribution in [1.82, 2.24) is 0 Å². The van der Waals surface area contributed by atoms with Crippen molar-refractivity contribution in [2.75, 3.05) is 0 Å². The molecule has 0 bridgehead atoms. The summed E-state index contributed by atoms with van der Waals surface area (Å²) in [6.07, 6.45) is 0.634. The molecule has 1 atom stereocenters. The molecule has 0 aliphatic carbocycles. The molecule has 4 heteroatoms. The highest BCUT2D eigenvalue weighted by Crippen LogP contribution is 2.40. The molecule has 0 saturated heterocycles. The van der Waals surface area contributed by atoms with Gasteiger partial charge in [-0.05, 0) is 29.2 Å². The van der Waals surface area contributed by atoms with E-state index < -0.39 is 17.3 Å². The summed E-state index contributed by atoms with van der Waals surface area (Å²) in [7, 11) is 0. The molecule has 1 heterocycles. The van der Waals surface area contributed by atoms with Gasteiger partial charge in [0.15, 0.2) is 11.5 Å². The number of rotatable bonds is 2. The smallest absolute Gasteiger partial charge is 0.246 e. The molecular weight excluding hydrogens is 256 g/mol. The van der Waals surface area contributed by atoms with Gasteiger partial charge in [-0.1, -0.05) is 26.8 Å². The Morgan fingerprint density at radius 2 is 1.80 bits per heavy atom. The van der Waals surface area contributed by atoms with Crippen LogP contribution in [0, 0.1) is 5.41 Å². The van der Waals surface area contributed by atoms with E-state index in [1.807, 2.05) is 40.7 Å². The van der Waals surface area contributed by atoms with Crippen molar-refractivity contribution < 1.29 is 19.7 Å². The lowest BCUT2D eigenvalue weighted by atomic mass is 9.87. The lowest BCUT2D eigenvalue weighted by Gasteiger charge is -2.25. The average molecular weight is 278 g/mol. The molecule has 1 aromatic rings. The normalized spacial score (nSPS) is 19.0. The fourth-order valence-electron chi connectivity index (χ4n) is 2.02. The Kier molecular flexibility index (Phi) is 3.46. The second-order valence-electron chi connectivity index (χ2n) is 6.65. The van der Waals surface area contributed by atoms with E-state index >= 15 is 0 Å². The van der Waals surface area contributed by atoms with E-state index in [2.05, 4.69) is 0 Å². The average Bonchev–Trinajstić information content (AvgIpc) is 2.59. The SMILES string of the molecule is CC1(C)Oc2ccc(/C=C(\O)C(O)C(C)(C)C)cc2O1. The van der Waals surface area contributed by atoms with Gasteiger partial charge >= 0.3 is 0 Å². The van der Waals surface area contributed by atoms with Crippen LogP contribution in [-0.2, 0) is 0 Å². The molecule has 4 nitrogen and oxygen atoms in total. The number of ether oxygens (including phenoxy) is 2. The van der Waals surface area contributed by atoms with Gasteiger partial charge in [0.05, 0.1) is 0 Å². The van der Waals surface area contributed by atoms with Gasteiger partial charge in [0.25, 0.3) is 0 Å². The lowest BCUT2D eigenvalue weighted by Crippen LogP contribution is -2.29. The monoisotopic (exact) mass is 278 g/mol. The molecule has 0 amide bonds. The molecular formula is C16H22O4. The van der Waals surface area contributed by atoms with Gasteiger partial charge in [0, 0.05) is 13.8 Å². The summed E-state index contributed by atoms with van der Waals surface area (Å²) in [5.41, 5.74) is 0.338. The highest BCUT2D eigenvalue weighted by Gasteiger charge is 2.31. The van der Waals surface area contributed by atoms with E-state index in [0.717, 1.165) is 5.56 Å². The van der Waals surface area contributed by atoms with E-state index in [-0.39, 0.29) is 5.76 Å². The molecule has 2 N–H and O–H groups in total. The molecule has 20 heavy (non-hydrogen) atoms. The molecule has 0 spiro atoms. The van der Waals surface area contributed by atoms with Crippen LogP contribution in [0.25, 0.3) is 6.08 Å². The molecule has 1 aliphatic heterocycles. The third-order valence-corrected chi connectivity index (χ3v) is 3.09. The first-order chi connectivity index (χ1) is 9.08. The Balaban J connectivity index is 2.25. The number of aliphatic hydroxyl groups is 2. The first-order valence-electron chi connectivity index (χ1n) is 6.69. The summed E-state index contributed by atoms with van der Waals surface area (Å²) in [6.45, 7) is 9.27. The van der Waals surface area contributed by atoms with Gasteiger partial charge in [0.1, 0.15) is 11.9 Å². The van der Waals surface area contributed by atoms with Crippen LogP contribution in [0.15, 0.2) is 24.0 Å². The highest BCUT2D eigenvalue weighted by atomic mass is 16.7. The molecule has 0 saturated carbocycles. The van der Waals surface area contributed by atoms with Crippen molar-refractivity contribution in [3.05, 3.63) is 29.5 Å².